The van der Waals surface area contributed by atoms with E-state index >= 15 is 0 Å². The Bertz CT molecular complexity index is 1520. The van der Waals surface area contributed by atoms with Crippen molar-refractivity contribution in [3.05, 3.63) is 105 Å². The number of halogens is 1. The smallest absolute Gasteiger partial charge is 0.253 e. The van der Waals surface area contributed by atoms with E-state index in [1.54, 1.807) is 37.3 Å². The molecular formula is C28H29FN4O3. The number of carbonyl (C=O) groups excluding carboxylic acids is 1. The first-order valence-corrected chi connectivity index (χ1v) is 11.3. The van der Waals surface area contributed by atoms with E-state index < -0.39 is 17.8 Å². The third-order valence-corrected chi connectivity index (χ3v) is 5.86. The molecule has 36 heavy (non-hydrogen) atoms. The van der Waals surface area contributed by atoms with Gasteiger partial charge in [-0.1, -0.05) is 18.7 Å². The van der Waals surface area contributed by atoms with Crippen molar-refractivity contribution >= 4 is 33.8 Å². The van der Waals surface area contributed by atoms with E-state index in [1.807, 2.05) is 19.9 Å². The Morgan fingerprint density at radius 3 is 2.53 bits per heavy atom. The maximum atomic E-state index is 14.3. The van der Waals surface area contributed by atoms with Crippen molar-refractivity contribution in [3.8, 4) is 0 Å². The van der Waals surface area contributed by atoms with Crippen LogP contribution in [-0.4, -0.2) is 18.7 Å². The van der Waals surface area contributed by atoms with Crippen LogP contribution in [0.15, 0.2) is 69.9 Å². The summed E-state index contributed by atoms with van der Waals surface area (Å²) in [6, 6.07) is 7.42. The van der Waals surface area contributed by atoms with E-state index in [0.29, 0.717) is 44.7 Å². The lowest BCUT2D eigenvalue weighted by Gasteiger charge is -2.20. The minimum atomic E-state index is -0.881. The van der Waals surface area contributed by atoms with Crippen LogP contribution in [0.1, 0.15) is 45.8 Å². The van der Waals surface area contributed by atoms with Gasteiger partial charge in [0.05, 0.1) is 28.4 Å². The Kier molecular flexibility index (Phi) is 7.70. The van der Waals surface area contributed by atoms with Crippen molar-refractivity contribution in [3.63, 3.8) is 0 Å². The monoisotopic (exact) mass is 488 g/mol. The number of anilines is 1. The number of fused-ring (bicyclic) bond motifs is 1. The topological polar surface area (TPSA) is 135 Å². The number of hydrogen-bond acceptors (Lipinski definition) is 6. The summed E-state index contributed by atoms with van der Waals surface area (Å²) >= 11 is 0. The van der Waals surface area contributed by atoms with Crippen LogP contribution >= 0.6 is 0 Å². The SMILES string of the molecule is C=C1C=C(c2oc3c(C(C)Nc4cccc(F)c4C(N)=O)cc(C)cc3c(=O)c2C)C=CC1=N.CN. The summed E-state index contributed by atoms with van der Waals surface area (Å²) < 4.78 is 20.6. The molecule has 1 atom stereocenters. The molecule has 1 aliphatic rings. The fraction of sp³-hybridized carbons (Fsp3) is 0.179. The summed E-state index contributed by atoms with van der Waals surface area (Å²) in [5.41, 5.74) is 13.5. The average Bonchev–Trinajstić information content (AvgIpc) is 2.84. The molecule has 4 rings (SSSR count). The highest BCUT2D eigenvalue weighted by Crippen LogP contribution is 2.33. The van der Waals surface area contributed by atoms with Gasteiger partial charge in [0.1, 0.15) is 17.2 Å². The molecule has 0 spiro atoms. The first kappa shape index (κ1) is 26.3. The van der Waals surface area contributed by atoms with Gasteiger partial charge in [-0.2, -0.15) is 0 Å². The number of primary amides is 1. The third kappa shape index (κ3) is 4.89. The normalized spacial score (nSPS) is 13.7. The molecule has 7 nitrogen and oxygen atoms in total. The zero-order valence-electron chi connectivity index (χ0n) is 20.7. The van der Waals surface area contributed by atoms with Crippen LogP contribution in [0.2, 0.25) is 0 Å². The quantitative estimate of drug-likeness (QED) is 0.404. The van der Waals surface area contributed by atoms with Crippen LogP contribution < -0.4 is 22.2 Å². The summed E-state index contributed by atoms with van der Waals surface area (Å²) in [4.78, 5) is 25.1. The van der Waals surface area contributed by atoms with Gasteiger partial charge in [0.2, 0.25) is 0 Å². The van der Waals surface area contributed by atoms with Gasteiger partial charge in [0.25, 0.3) is 5.91 Å². The lowest BCUT2D eigenvalue weighted by Crippen LogP contribution is -2.18. The van der Waals surface area contributed by atoms with E-state index in [-0.39, 0.29) is 16.7 Å². The molecule has 8 heteroatoms. The number of carbonyl (C=O) groups is 1. The summed E-state index contributed by atoms with van der Waals surface area (Å²) in [6.45, 7) is 9.27. The van der Waals surface area contributed by atoms with E-state index in [4.69, 9.17) is 15.6 Å². The van der Waals surface area contributed by atoms with Gasteiger partial charge in [0, 0.05) is 16.7 Å². The second-order valence-corrected chi connectivity index (χ2v) is 8.38. The minimum absolute atomic E-state index is 0.169. The van der Waals surface area contributed by atoms with Gasteiger partial charge < -0.3 is 26.6 Å². The summed E-state index contributed by atoms with van der Waals surface area (Å²) in [7, 11) is 1.50. The first-order chi connectivity index (χ1) is 17.1. The van der Waals surface area contributed by atoms with Gasteiger partial charge >= 0.3 is 0 Å². The van der Waals surface area contributed by atoms with Gasteiger partial charge in [-0.15, -0.1) is 0 Å². The lowest BCUT2D eigenvalue weighted by molar-refractivity contribution is 0.0997. The van der Waals surface area contributed by atoms with Gasteiger partial charge in [-0.3, -0.25) is 9.59 Å². The maximum absolute atomic E-state index is 14.3. The highest BCUT2D eigenvalue weighted by molar-refractivity contribution is 6.12. The molecule has 1 aromatic heterocycles. The third-order valence-electron chi connectivity index (χ3n) is 5.86. The molecule has 1 heterocycles. The van der Waals surface area contributed by atoms with Crippen LogP contribution in [0.25, 0.3) is 16.5 Å². The standard InChI is InChI=1S/C27H24FN3O3.CH5N/c1-13-10-18(16(4)31-22-7-5-6-20(28)23(22)27(30)33)26-19(11-13)24(32)15(3)25(34-26)17-8-9-21(29)14(2)12-17;1-2/h5-12,16,29,31H,2H2,1,3-4H3,(H2,30,33);2H2,1H3. The second-order valence-electron chi connectivity index (χ2n) is 8.38. The Labute approximate surface area is 208 Å². The summed E-state index contributed by atoms with van der Waals surface area (Å²) in [5.74, 6) is -1.21. The number of amides is 1. The van der Waals surface area contributed by atoms with Crippen molar-refractivity contribution in [2.24, 2.45) is 11.5 Å². The van der Waals surface area contributed by atoms with Crippen LogP contribution in [0.4, 0.5) is 10.1 Å². The van der Waals surface area contributed by atoms with Crippen LogP contribution in [-0.2, 0) is 0 Å². The van der Waals surface area contributed by atoms with Crippen molar-refractivity contribution in [2.45, 2.75) is 26.8 Å². The zero-order valence-corrected chi connectivity index (χ0v) is 20.7. The number of allylic oxidation sites excluding steroid dienone is 5. The van der Waals surface area contributed by atoms with Gasteiger partial charge in [0.15, 0.2) is 5.43 Å². The maximum Gasteiger partial charge on any atom is 0.253 e. The number of aryl methyl sites for hydroxylation is 1. The van der Waals surface area contributed by atoms with Crippen molar-refractivity contribution in [1.82, 2.24) is 0 Å². The van der Waals surface area contributed by atoms with Crippen molar-refractivity contribution < 1.29 is 13.6 Å². The zero-order chi connectivity index (χ0) is 26.7. The Balaban J connectivity index is 0.00000176. The molecule has 1 amide bonds. The number of rotatable bonds is 5. The number of benzene rings is 2. The number of hydrogen-bond donors (Lipinski definition) is 4. The summed E-state index contributed by atoms with van der Waals surface area (Å²) in [5, 5.41) is 11.4. The molecule has 0 bridgehead atoms. The Morgan fingerprint density at radius 2 is 1.89 bits per heavy atom. The Hall–Kier alpha value is -4.30. The first-order valence-electron chi connectivity index (χ1n) is 11.3. The summed E-state index contributed by atoms with van der Waals surface area (Å²) in [6.07, 6.45) is 5.03. The molecule has 2 aromatic carbocycles. The average molecular weight is 489 g/mol. The predicted octanol–water partition coefficient (Wildman–Crippen LogP) is 4.93. The van der Waals surface area contributed by atoms with Crippen LogP contribution in [0.3, 0.4) is 0 Å². The predicted molar refractivity (Wildman–Crippen MR) is 143 cm³/mol. The molecular weight excluding hydrogens is 459 g/mol. The molecule has 3 aromatic rings. The number of nitrogens with two attached hydrogens (primary N) is 2. The molecule has 1 aliphatic carbocycles. The molecule has 1 unspecified atom stereocenters. The highest BCUT2D eigenvalue weighted by atomic mass is 19.1. The van der Waals surface area contributed by atoms with E-state index in [9.17, 15) is 14.0 Å². The molecule has 6 N–H and O–H groups in total. The molecule has 186 valence electrons. The minimum Gasteiger partial charge on any atom is -0.455 e. The molecule has 0 aliphatic heterocycles. The van der Waals surface area contributed by atoms with E-state index in [2.05, 4.69) is 17.6 Å². The highest BCUT2D eigenvalue weighted by Gasteiger charge is 2.22. The van der Waals surface area contributed by atoms with E-state index in [0.717, 1.165) is 5.56 Å². The fourth-order valence-corrected chi connectivity index (χ4v) is 4.11. The molecule has 0 saturated carbocycles. The fourth-order valence-electron chi connectivity index (χ4n) is 4.11. The van der Waals surface area contributed by atoms with E-state index in [1.165, 1.54) is 19.2 Å². The Morgan fingerprint density at radius 1 is 1.19 bits per heavy atom. The lowest BCUT2D eigenvalue weighted by atomic mass is 9.95. The van der Waals surface area contributed by atoms with Gasteiger partial charge in [-0.05, 0) is 75.4 Å². The molecule has 0 radical (unpaired) electrons. The number of nitrogens with one attached hydrogen (secondary N) is 2. The molecule has 0 fully saturated rings. The van der Waals surface area contributed by atoms with Crippen LogP contribution in [0, 0.1) is 25.1 Å². The van der Waals surface area contributed by atoms with Crippen LogP contribution in [0.5, 0.6) is 0 Å². The van der Waals surface area contributed by atoms with Crippen molar-refractivity contribution in [2.75, 3.05) is 12.4 Å². The largest absolute Gasteiger partial charge is 0.455 e. The molecule has 0 saturated heterocycles. The van der Waals surface area contributed by atoms with Gasteiger partial charge in [-0.25, -0.2) is 4.39 Å². The second kappa shape index (κ2) is 10.5. The van der Waals surface area contributed by atoms with Crippen molar-refractivity contribution in [1.29, 1.82) is 5.41 Å².